The minimum absolute atomic E-state index is 0.592. The van der Waals surface area contributed by atoms with Gasteiger partial charge in [0.15, 0.2) is 0 Å². The molecule has 86 valence electrons. The highest BCUT2D eigenvalue weighted by Gasteiger charge is 2.01. The molecule has 0 aliphatic rings. The van der Waals surface area contributed by atoms with E-state index in [9.17, 15) is 0 Å². The van der Waals surface area contributed by atoms with E-state index in [0.717, 1.165) is 13.1 Å². The van der Waals surface area contributed by atoms with Gasteiger partial charge < -0.3 is 9.88 Å². The molecule has 0 aromatic carbocycles. The third-order valence-electron chi connectivity index (χ3n) is 2.36. The fraction of sp³-hybridized carbons (Fsp3) is 0.667. The first kappa shape index (κ1) is 12.7. The maximum Gasteiger partial charge on any atom is 0.0223 e. The van der Waals surface area contributed by atoms with Gasteiger partial charge in [-0.1, -0.05) is 6.92 Å². The van der Waals surface area contributed by atoms with Crippen molar-refractivity contribution in [2.75, 3.05) is 12.0 Å². The van der Waals surface area contributed by atoms with E-state index in [1.54, 1.807) is 0 Å². The average molecular weight is 226 g/mol. The predicted molar refractivity (Wildman–Crippen MR) is 69.4 cm³/mol. The van der Waals surface area contributed by atoms with E-state index in [1.165, 1.54) is 17.7 Å². The first-order valence-electron chi connectivity index (χ1n) is 5.63. The van der Waals surface area contributed by atoms with E-state index in [2.05, 4.69) is 48.4 Å². The Labute approximate surface area is 97.4 Å². The molecule has 0 saturated heterocycles. The molecule has 1 unspecified atom stereocenters. The van der Waals surface area contributed by atoms with Crippen LogP contribution in [0.4, 0.5) is 0 Å². The highest BCUT2D eigenvalue weighted by Crippen LogP contribution is 2.03. The second kappa shape index (κ2) is 6.96. The molecule has 0 bridgehead atoms. The summed E-state index contributed by atoms with van der Waals surface area (Å²) in [4.78, 5) is 0. The standard InChI is InChI=1S/C12H22N2S/c1-4-6-14-7-5-12(9-14)8-13-11(2)10-15-3/h5,7,9,11,13H,4,6,8,10H2,1-3H3. The molecule has 0 aliphatic carbocycles. The quantitative estimate of drug-likeness (QED) is 0.770. The number of aryl methyl sites for hydroxylation is 1. The second-order valence-electron chi connectivity index (χ2n) is 3.99. The van der Waals surface area contributed by atoms with Gasteiger partial charge in [0.05, 0.1) is 0 Å². The molecule has 0 spiro atoms. The predicted octanol–water partition coefficient (Wildman–Crippen LogP) is 2.74. The van der Waals surface area contributed by atoms with Gasteiger partial charge in [-0.25, -0.2) is 0 Å². The molecule has 1 rings (SSSR count). The lowest BCUT2D eigenvalue weighted by Crippen LogP contribution is -2.27. The summed E-state index contributed by atoms with van der Waals surface area (Å²) >= 11 is 1.89. The Bertz CT molecular complexity index is 270. The normalized spacial score (nSPS) is 13.0. The van der Waals surface area contributed by atoms with Crippen LogP contribution in [0.5, 0.6) is 0 Å². The van der Waals surface area contributed by atoms with Crippen molar-refractivity contribution in [3.63, 3.8) is 0 Å². The third kappa shape index (κ3) is 4.76. The molecule has 1 aromatic rings. The summed E-state index contributed by atoms with van der Waals surface area (Å²) in [6, 6.07) is 2.79. The fourth-order valence-corrected chi connectivity index (χ4v) is 2.21. The molecule has 15 heavy (non-hydrogen) atoms. The summed E-state index contributed by atoms with van der Waals surface area (Å²) in [5, 5.41) is 3.52. The van der Waals surface area contributed by atoms with Crippen molar-refractivity contribution in [1.82, 2.24) is 9.88 Å². The molecule has 1 heterocycles. The van der Waals surface area contributed by atoms with Crippen molar-refractivity contribution in [3.05, 3.63) is 24.0 Å². The van der Waals surface area contributed by atoms with Crippen LogP contribution < -0.4 is 5.32 Å². The Balaban J connectivity index is 2.30. The van der Waals surface area contributed by atoms with E-state index in [4.69, 9.17) is 0 Å². The van der Waals surface area contributed by atoms with Crippen molar-refractivity contribution in [1.29, 1.82) is 0 Å². The van der Waals surface area contributed by atoms with Gasteiger partial charge >= 0.3 is 0 Å². The molecule has 0 radical (unpaired) electrons. The smallest absolute Gasteiger partial charge is 0.0223 e. The molecule has 1 aromatic heterocycles. The van der Waals surface area contributed by atoms with Crippen molar-refractivity contribution in [2.45, 2.75) is 39.4 Å². The van der Waals surface area contributed by atoms with Crippen molar-refractivity contribution < 1.29 is 0 Å². The molecular formula is C12H22N2S. The number of nitrogens with one attached hydrogen (secondary N) is 1. The van der Waals surface area contributed by atoms with Crippen LogP contribution in [0.15, 0.2) is 18.5 Å². The molecule has 3 heteroatoms. The lowest BCUT2D eigenvalue weighted by molar-refractivity contribution is 0.594. The molecule has 0 amide bonds. The van der Waals surface area contributed by atoms with Crippen molar-refractivity contribution in [2.24, 2.45) is 0 Å². The average Bonchev–Trinajstić information content (AvgIpc) is 2.64. The van der Waals surface area contributed by atoms with Gasteiger partial charge in [0.1, 0.15) is 0 Å². The van der Waals surface area contributed by atoms with Crippen LogP contribution in [0.1, 0.15) is 25.8 Å². The van der Waals surface area contributed by atoms with Gasteiger partial charge in [-0.3, -0.25) is 0 Å². The van der Waals surface area contributed by atoms with E-state index in [0.29, 0.717) is 6.04 Å². The van der Waals surface area contributed by atoms with E-state index < -0.39 is 0 Å². The van der Waals surface area contributed by atoms with Crippen LogP contribution in [-0.4, -0.2) is 22.6 Å². The van der Waals surface area contributed by atoms with Gasteiger partial charge in [-0.15, -0.1) is 0 Å². The lowest BCUT2D eigenvalue weighted by Gasteiger charge is -2.11. The van der Waals surface area contributed by atoms with Crippen LogP contribution in [0.3, 0.4) is 0 Å². The zero-order valence-corrected chi connectivity index (χ0v) is 10.8. The molecule has 1 N–H and O–H groups in total. The molecule has 1 atom stereocenters. The largest absolute Gasteiger partial charge is 0.354 e. The maximum absolute atomic E-state index is 3.52. The van der Waals surface area contributed by atoms with Gasteiger partial charge in [0.2, 0.25) is 0 Å². The Hall–Kier alpha value is -0.410. The monoisotopic (exact) mass is 226 g/mol. The molecule has 0 fully saturated rings. The van der Waals surface area contributed by atoms with Gasteiger partial charge in [0.25, 0.3) is 0 Å². The fourth-order valence-electron chi connectivity index (χ4n) is 1.59. The number of aromatic nitrogens is 1. The topological polar surface area (TPSA) is 17.0 Å². The second-order valence-corrected chi connectivity index (χ2v) is 4.91. The number of rotatable bonds is 7. The number of thioether (sulfide) groups is 1. The minimum Gasteiger partial charge on any atom is -0.354 e. The first-order chi connectivity index (χ1) is 7.26. The zero-order valence-electron chi connectivity index (χ0n) is 9.99. The highest BCUT2D eigenvalue weighted by molar-refractivity contribution is 7.98. The summed E-state index contributed by atoms with van der Waals surface area (Å²) in [6.07, 6.45) is 7.75. The van der Waals surface area contributed by atoms with E-state index >= 15 is 0 Å². The number of hydrogen-bond donors (Lipinski definition) is 1. The van der Waals surface area contributed by atoms with E-state index in [-0.39, 0.29) is 0 Å². The molecule has 2 nitrogen and oxygen atoms in total. The lowest BCUT2D eigenvalue weighted by atomic mass is 10.3. The summed E-state index contributed by atoms with van der Waals surface area (Å²) < 4.78 is 2.26. The number of hydrogen-bond acceptors (Lipinski definition) is 2. The zero-order chi connectivity index (χ0) is 11.1. The Morgan fingerprint density at radius 3 is 3.00 bits per heavy atom. The maximum atomic E-state index is 3.52. The first-order valence-corrected chi connectivity index (χ1v) is 7.02. The van der Waals surface area contributed by atoms with Gasteiger partial charge in [-0.2, -0.15) is 11.8 Å². The summed E-state index contributed by atoms with van der Waals surface area (Å²) in [5.41, 5.74) is 1.39. The molecule has 0 saturated carbocycles. The Morgan fingerprint density at radius 1 is 1.53 bits per heavy atom. The summed E-state index contributed by atoms with van der Waals surface area (Å²) in [7, 11) is 0. The van der Waals surface area contributed by atoms with Gasteiger partial charge in [-0.05, 0) is 31.2 Å². The molecular weight excluding hydrogens is 204 g/mol. The van der Waals surface area contributed by atoms with Crippen LogP contribution in [-0.2, 0) is 13.1 Å². The highest BCUT2D eigenvalue weighted by atomic mass is 32.2. The van der Waals surface area contributed by atoms with Crippen LogP contribution in [0.2, 0.25) is 0 Å². The Morgan fingerprint density at radius 2 is 2.33 bits per heavy atom. The Kier molecular flexibility index (Phi) is 5.88. The third-order valence-corrected chi connectivity index (χ3v) is 3.20. The van der Waals surface area contributed by atoms with Crippen molar-refractivity contribution in [3.8, 4) is 0 Å². The van der Waals surface area contributed by atoms with Crippen LogP contribution in [0.25, 0.3) is 0 Å². The summed E-state index contributed by atoms with van der Waals surface area (Å²) in [5.74, 6) is 1.18. The summed E-state index contributed by atoms with van der Waals surface area (Å²) in [6.45, 7) is 6.55. The van der Waals surface area contributed by atoms with Crippen LogP contribution in [0, 0.1) is 0 Å². The van der Waals surface area contributed by atoms with E-state index in [1.807, 2.05) is 11.8 Å². The number of nitrogens with zero attached hydrogens (tertiary/aromatic N) is 1. The molecule has 0 aliphatic heterocycles. The van der Waals surface area contributed by atoms with Crippen LogP contribution >= 0.6 is 11.8 Å². The SMILES string of the molecule is CCCn1ccc(CNC(C)CSC)c1. The van der Waals surface area contributed by atoms with Gasteiger partial charge in [0, 0.05) is 37.3 Å². The van der Waals surface area contributed by atoms with Crippen molar-refractivity contribution >= 4 is 11.8 Å². The minimum atomic E-state index is 0.592.